The Morgan fingerprint density at radius 2 is 1.97 bits per heavy atom. The van der Waals surface area contributed by atoms with Crippen LogP contribution < -0.4 is 0 Å². The van der Waals surface area contributed by atoms with Crippen LogP contribution in [-0.4, -0.2) is 37.2 Å². The van der Waals surface area contributed by atoms with Crippen LogP contribution in [0, 0.1) is 10.1 Å². The Bertz CT molecular complexity index is 1320. The van der Waals surface area contributed by atoms with E-state index in [2.05, 4.69) is 9.97 Å². The van der Waals surface area contributed by atoms with E-state index in [9.17, 15) is 14.9 Å². The maximum Gasteiger partial charge on any atom is 0.340 e. The number of hydrogen-bond acceptors (Lipinski definition) is 7. The van der Waals surface area contributed by atoms with Gasteiger partial charge in [-0.25, -0.2) is 14.5 Å². The molecule has 33 heavy (non-hydrogen) atoms. The molecule has 9 nitrogen and oxygen atoms in total. The zero-order chi connectivity index (χ0) is 23.2. The summed E-state index contributed by atoms with van der Waals surface area (Å²) in [6.45, 7) is 1.80. The van der Waals surface area contributed by atoms with Crippen molar-refractivity contribution in [1.29, 1.82) is 0 Å². The lowest BCUT2D eigenvalue weighted by molar-refractivity contribution is -0.385. The largest absolute Gasteiger partial charge is 0.462 e. The maximum atomic E-state index is 12.4. The van der Waals surface area contributed by atoms with E-state index in [1.54, 1.807) is 36.2 Å². The number of pyridine rings is 2. The highest BCUT2D eigenvalue weighted by molar-refractivity contribution is 5.95. The highest BCUT2D eigenvalue weighted by atomic mass is 16.6. The number of nitro groups is 1. The number of carbonyl (C=O) groups excluding carboxylic acids is 1. The van der Waals surface area contributed by atoms with Crippen molar-refractivity contribution < 1.29 is 14.5 Å². The molecule has 0 saturated carbocycles. The molecule has 0 fully saturated rings. The number of hydrogen-bond donors (Lipinski definition) is 0. The Morgan fingerprint density at radius 3 is 2.67 bits per heavy atom. The number of nitrogens with zero attached hydrogens (tertiary/aromatic N) is 5. The molecule has 0 amide bonds. The lowest BCUT2D eigenvalue weighted by Crippen LogP contribution is -2.08. The van der Waals surface area contributed by atoms with Crippen molar-refractivity contribution in [2.45, 2.75) is 6.92 Å². The van der Waals surface area contributed by atoms with E-state index in [0.29, 0.717) is 5.69 Å². The lowest BCUT2D eigenvalue weighted by Gasteiger charge is -2.05. The van der Waals surface area contributed by atoms with Gasteiger partial charge in [-0.3, -0.25) is 15.1 Å². The summed E-state index contributed by atoms with van der Waals surface area (Å²) in [5, 5.41) is 15.9. The van der Waals surface area contributed by atoms with Crippen molar-refractivity contribution in [2.75, 3.05) is 6.61 Å². The van der Waals surface area contributed by atoms with Gasteiger partial charge in [0.25, 0.3) is 5.69 Å². The summed E-state index contributed by atoms with van der Waals surface area (Å²) in [4.78, 5) is 31.2. The minimum Gasteiger partial charge on any atom is -0.462 e. The number of para-hydroxylation sites is 1. The van der Waals surface area contributed by atoms with E-state index in [4.69, 9.17) is 9.84 Å². The van der Waals surface area contributed by atoms with E-state index in [-0.39, 0.29) is 23.6 Å². The van der Waals surface area contributed by atoms with Crippen LogP contribution in [0.25, 0.3) is 29.1 Å². The minimum absolute atomic E-state index is 0.0145. The van der Waals surface area contributed by atoms with Crippen LogP contribution in [0.2, 0.25) is 0 Å². The second-order valence-electron chi connectivity index (χ2n) is 6.89. The Kier molecular flexibility index (Phi) is 6.31. The fourth-order valence-electron chi connectivity index (χ4n) is 3.19. The molecule has 0 aliphatic heterocycles. The van der Waals surface area contributed by atoms with Crippen molar-refractivity contribution in [3.8, 4) is 16.9 Å². The van der Waals surface area contributed by atoms with Gasteiger partial charge in [-0.2, -0.15) is 5.10 Å². The van der Waals surface area contributed by atoms with Crippen LogP contribution >= 0.6 is 0 Å². The molecule has 1 aromatic carbocycles. The SMILES string of the molecule is CCOC(=O)c1cc([N+](=O)[O-])cnc1/C=C/c1cn(-c2ccccc2)nc1-c1cccnc1. The normalized spacial score (nSPS) is 10.9. The van der Waals surface area contributed by atoms with Gasteiger partial charge in [-0.15, -0.1) is 0 Å². The monoisotopic (exact) mass is 441 g/mol. The number of aromatic nitrogens is 4. The van der Waals surface area contributed by atoms with Crippen LogP contribution in [0.3, 0.4) is 0 Å². The van der Waals surface area contributed by atoms with Crippen molar-refractivity contribution in [3.63, 3.8) is 0 Å². The summed E-state index contributed by atoms with van der Waals surface area (Å²) >= 11 is 0. The molecular weight excluding hydrogens is 422 g/mol. The molecule has 9 heteroatoms. The molecule has 0 spiro atoms. The molecule has 0 aliphatic carbocycles. The van der Waals surface area contributed by atoms with Gasteiger partial charge >= 0.3 is 5.97 Å². The van der Waals surface area contributed by atoms with Gasteiger partial charge < -0.3 is 4.74 Å². The Morgan fingerprint density at radius 1 is 1.15 bits per heavy atom. The summed E-state index contributed by atoms with van der Waals surface area (Å²) < 4.78 is 6.80. The maximum absolute atomic E-state index is 12.4. The molecule has 164 valence electrons. The standard InChI is InChI=1S/C24H19N5O4/c1-2-33-24(30)21-13-20(29(31)32)15-26-22(21)11-10-18-16-28(19-8-4-3-5-9-19)27-23(18)17-7-6-12-25-14-17/h3-16H,2H2,1H3/b11-10+. The van der Waals surface area contributed by atoms with E-state index in [1.165, 1.54) is 6.07 Å². The van der Waals surface area contributed by atoms with Crippen LogP contribution in [0.15, 0.2) is 73.3 Å². The number of esters is 1. The molecule has 0 unspecified atom stereocenters. The zero-order valence-corrected chi connectivity index (χ0v) is 17.7. The summed E-state index contributed by atoms with van der Waals surface area (Å²) in [5.41, 5.74) is 3.11. The van der Waals surface area contributed by atoms with Crippen LogP contribution in [0.1, 0.15) is 28.5 Å². The van der Waals surface area contributed by atoms with Crippen molar-refractivity contribution in [1.82, 2.24) is 19.7 Å². The molecule has 0 N–H and O–H groups in total. The zero-order valence-electron chi connectivity index (χ0n) is 17.7. The van der Waals surface area contributed by atoms with Crippen molar-refractivity contribution >= 4 is 23.8 Å². The molecule has 0 atom stereocenters. The highest BCUT2D eigenvalue weighted by Crippen LogP contribution is 2.26. The Hall–Kier alpha value is -4.66. The average Bonchev–Trinajstić information content (AvgIpc) is 3.28. The quantitative estimate of drug-likeness (QED) is 0.234. The van der Waals surface area contributed by atoms with Gasteiger partial charge in [0.15, 0.2) is 0 Å². The summed E-state index contributed by atoms with van der Waals surface area (Å²) in [6.07, 6.45) is 9.72. The first-order valence-electron chi connectivity index (χ1n) is 10.1. The molecule has 0 aliphatic rings. The second-order valence-corrected chi connectivity index (χ2v) is 6.89. The highest BCUT2D eigenvalue weighted by Gasteiger charge is 2.18. The molecule has 3 heterocycles. The third-order valence-corrected chi connectivity index (χ3v) is 4.73. The average molecular weight is 441 g/mol. The fourth-order valence-corrected chi connectivity index (χ4v) is 3.19. The third kappa shape index (κ3) is 4.82. The number of benzene rings is 1. The first-order chi connectivity index (χ1) is 16.1. The number of rotatable bonds is 7. The summed E-state index contributed by atoms with van der Waals surface area (Å²) in [5.74, 6) is -0.680. The van der Waals surface area contributed by atoms with Gasteiger partial charge in [-0.05, 0) is 43.3 Å². The van der Waals surface area contributed by atoms with Crippen LogP contribution in [0.5, 0.6) is 0 Å². The predicted octanol–water partition coefficient (Wildman–Crippen LogP) is 4.58. The lowest BCUT2D eigenvalue weighted by atomic mass is 10.1. The van der Waals surface area contributed by atoms with E-state index >= 15 is 0 Å². The first-order valence-corrected chi connectivity index (χ1v) is 10.1. The Labute approximate surface area is 189 Å². The van der Waals surface area contributed by atoms with Gasteiger partial charge in [0.1, 0.15) is 11.9 Å². The minimum atomic E-state index is -0.680. The third-order valence-electron chi connectivity index (χ3n) is 4.73. The smallest absolute Gasteiger partial charge is 0.340 e. The van der Waals surface area contributed by atoms with Gasteiger partial charge in [0, 0.05) is 35.8 Å². The molecule has 0 saturated heterocycles. The summed E-state index contributed by atoms with van der Waals surface area (Å²) in [6, 6.07) is 14.5. The molecule has 0 bridgehead atoms. The fraction of sp³-hybridized carbons (Fsp3) is 0.0833. The van der Waals surface area contributed by atoms with E-state index in [0.717, 1.165) is 23.0 Å². The number of carbonyl (C=O) groups is 1. The van der Waals surface area contributed by atoms with Gasteiger partial charge in [-0.1, -0.05) is 18.2 Å². The molecule has 3 aromatic heterocycles. The van der Waals surface area contributed by atoms with Crippen molar-refractivity contribution in [3.05, 3.63) is 100 Å². The van der Waals surface area contributed by atoms with Crippen LogP contribution in [-0.2, 0) is 4.74 Å². The molecular formula is C24H19N5O4. The first kappa shape index (κ1) is 21.6. The topological polar surface area (TPSA) is 113 Å². The number of ether oxygens (including phenoxy) is 1. The van der Waals surface area contributed by atoms with E-state index in [1.807, 2.05) is 48.7 Å². The predicted molar refractivity (Wildman–Crippen MR) is 123 cm³/mol. The van der Waals surface area contributed by atoms with Crippen molar-refractivity contribution in [2.24, 2.45) is 0 Å². The molecule has 4 aromatic rings. The molecule has 4 rings (SSSR count). The van der Waals surface area contributed by atoms with Gasteiger partial charge in [0.05, 0.1) is 28.5 Å². The molecule has 0 radical (unpaired) electrons. The Balaban J connectivity index is 1.79. The van der Waals surface area contributed by atoms with E-state index < -0.39 is 10.9 Å². The second kappa shape index (κ2) is 9.65. The van der Waals surface area contributed by atoms with Gasteiger partial charge in [0.2, 0.25) is 0 Å². The van der Waals surface area contributed by atoms with Crippen LogP contribution in [0.4, 0.5) is 5.69 Å². The summed E-state index contributed by atoms with van der Waals surface area (Å²) in [7, 11) is 0.